The third-order valence-electron chi connectivity index (χ3n) is 6.46. The summed E-state index contributed by atoms with van der Waals surface area (Å²) in [5.74, 6) is -0.169. The van der Waals surface area contributed by atoms with Gasteiger partial charge in [0.05, 0.1) is 23.3 Å². The van der Waals surface area contributed by atoms with Crippen LogP contribution in [0.4, 0.5) is 5.13 Å². The third kappa shape index (κ3) is 3.75. The number of halogens is 1. The number of hydrogen-bond donors (Lipinski definition) is 1. The molecule has 0 bridgehead atoms. The van der Waals surface area contributed by atoms with E-state index in [1.54, 1.807) is 6.07 Å². The third-order valence-corrected chi connectivity index (χ3v) is 7.69. The van der Waals surface area contributed by atoms with E-state index in [-0.39, 0.29) is 11.8 Å². The van der Waals surface area contributed by atoms with Crippen molar-refractivity contribution in [1.82, 2.24) is 14.9 Å². The van der Waals surface area contributed by atoms with E-state index in [1.807, 2.05) is 47.4 Å². The normalized spacial score (nSPS) is 14.7. The Balaban J connectivity index is 1.27. The summed E-state index contributed by atoms with van der Waals surface area (Å²) in [6, 6.07) is 14.8. The van der Waals surface area contributed by atoms with E-state index in [4.69, 9.17) is 16.6 Å². The average molecular weight is 489 g/mol. The molecule has 1 N–H and O–H groups in total. The van der Waals surface area contributed by atoms with Crippen molar-refractivity contribution in [3.8, 4) is 0 Å². The number of aromatic nitrogens is 2. The summed E-state index contributed by atoms with van der Waals surface area (Å²) in [6.45, 7) is 1.11. The standard InChI is InChI=1S/C26H21ClN4O2S/c27-16-9-10-20-18(13-16)23(17-7-4-8-19(17)28-20)24(32)30-26-29-21-11-12-31(14-22(21)34-26)25(33)15-5-2-1-3-6-15/h1-3,5-6,9-10,13H,4,7-8,11-12,14H2,(H,29,30,32). The predicted molar refractivity (Wildman–Crippen MR) is 134 cm³/mol. The van der Waals surface area contributed by atoms with E-state index in [0.29, 0.717) is 40.8 Å². The molecule has 0 radical (unpaired) electrons. The molecule has 0 spiro atoms. The van der Waals surface area contributed by atoms with Crippen LogP contribution in [-0.4, -0.2) is 33.2 Å². The van der Waals surface area contributed by atoms with Crippen molar-refractivity contribution in [2.75, 3.05) is 11.9 Å². The van der Waals surface area contributed by atoms with Crippen molar-refractivity contribution in [2.45, 2.75) is 32.2 Å². The number of anilines is 1. The van der Waals surface area contributed by atoms with Gasteiger partial charge < -0.3 is 4.90 Å². The lowest BCUT2D eigenvalue weighted by atomic mass is 10.0. The summed E-state index contributed by atoms with van der Waals surface area (Å²) in [5.41, 5.74) is 5.06. The molecule has 6 rings (SSSR count). The Morgan fingerprint density at radius 3 is 2.71 bits per heavy atom. The number of fused-ring (bicyclic) bond motifs is 3. The highest BCUT2D eigenvalue weighted by molar-refractivity contribution is 7.15. The van der Waals surface area contributed by atoms with Crippen molar-refractivity contribution in [2.24, 2.45) is 0 Å². The number of amides is 2. The molecule has 34 heavy (non-hydrogen) atoms. The van der Waals surface area contributed by atoms with Gasteiger partial charge in [-0.25, -0.2) is 4.98 Å². The highest BCUT2D eigenvalue weighted by Crippen LogP contribution is 2.34. The SMILES string of the molecule is O=C(Nc1nc2c(s1)CN(C(=O)c1ccccc1)CC2)c1c2c(nc3ccc(Cl)cc13)CCC2. The van der Waals surface area contributed by atoms with Gasteiger partial charge in [0.25, 0.3) is 11.8 Å². The summed E-state index contributed by atoms with van der Waals surface area (Å²) in [7, 11) is 0. The van der Waals surface area contributed by atoms with Crippen LogP contribution in [0.2, 0.25) is 5.02 Å². The van der Waals surface area contributed by atoms with Crippen molar-refractivity contribution >= 4 is 50.8 Å². The monoisotopic (exact) mass is 488 g/mol. The molecule has 0 unspecified atom stereocenters. The maximum absolute atomic E-state index is 13.5. The molecular formula is C26H21ClN4O2S. The van der Waals surface area contributed by atoms with Crippen molar-refractivity contribution in [3.63, 3.8) is 0 Å². The van der Waals surface area contributed by atoms with Crippen LogP contribution >= 0.6 is 22.9 Å². The molecular weight excluding hydrogens is 468 g/mol. The first-order valence-electron chi connectivity index (χ1n) is 11.3. The topological polar surface area (TPSA) is 75.2 Å². The quantitative estimate of drug-likeness (QED) is 0.425. The van der Waals surface area contributed by atoms with Crippen LogP contribution in [-0.2, 0) is 25.8 Å². The molecule has 8 heteroatoms. The van der Waals surface area contributed by atoms with Gasteiger partial charge in [-0.05, 0) is 55.2 Å². The Bertz CT molecular complexity index is 1450. The van der Waals surface area contributed by atoms with Gasteiger partial charge in [-0.15, -0.1) is 0 Å². The molecule has 6 nitrogen and oxygen atoms in total. The Morgan fingerprint density at radius 1 is 1.00 bits per heavy atom. The first kappa shape index (κ1) is 21.3. The van der Waals surface area contributed by atoms with Crippen LogP contribution in [0.5, 0.6) is 0 Å². The van der Waals surface area contributed by atoms with Gasteiger partial charge in [0.15, 0.2) is 5.13 Å². The smallest absolute Gasteiger partial charge is 0.258 e. The lowest BCUT2D eigenvalue weighted by Crippen LogP contribution is -2.35. The average Bonchev–Trinajstić information content (AvgIpc) is 3.48. The zero-order valence-corrected chi connectivity index (χ0v) is 19.9. The fraction of sp³-hybridized carbons (Fsp3) is 0.231. The zero-order chi connectivity index (χ0) is 23.2. The van der Waals surface area contributed by atoms with Crippen LogP contribution in [0.3, 0.4) is 0 Å². The number of benzene rings is 2. The second kappa shape index (κ2) is 8.49. The second-order valence-corrected chi connectivity index (χ2v) is 10.1. The number of nitrogens with one attached hydrogen (secondary N) is 1. The first-order valence-corrected chi connectivity index (χ1v) is 12.5. The lowest BCUT2D eigenvalue weighted by Gasteiger charge is -2.26. The van der Waals surface area contributed by atoms with Gasteiger partial charge in [0, 0.05) is 39.5 Å². The molecule has 0 atom stereocenters. The van der Waals surface area contributed by atoms with E-state index < -0.39 is 0 Å². The highest BCUT2D eigenvalue weighted by Gasteiger charge is 2.27. The number of aryl methyl sites for hydroxylation is 1. The van der Waals surface area contributed by atoms with Gasteiger partial charge in [-0.3, -0.25) is 19.9 Å². The molecule has 1 aliphatic carbocycles. The molecule has 2 amide bonds. The number of nitrogens with zero attached hydrogens (tertiary/aromatic N) is 3. The minimum Gasteiger partial charge on any atom is -0.333 e. The first-order chi connectivity index (χ1) is 16.6. The van der Waals surface area contributed by atoms with E-state index in [2.05, 4.69) is 10.3 Å². The fourth-order valence-electron chi connectivity index (χ4n) is 4.84. The van der Waals surface area contributed by atoms with Crippen LogP contribution in [0.15, 0.2) is 48.5 Å². The summed E-state index contributed by atoms with van der Waals surface area (Å²) >= 11 is 7.69. The largest absolute Gasteiger partial charge is 0.333 e. The molecule has 0 saturated heterocycles. The van der Waals surface area contributed by atoms with Gasteiger partial charge in [-0.2, -0.15) is 0 Å². The van der Waals surface area contributed by atoms with E-state index in [9.17, 15) is 9.59 Å². The van der Waals surface area contributed by atoms with Crippen LogP contribution in [0, 0.1) is 0 Å². The summed E-state index contributed by atoms with van der Waals surface area (Å²) in [6.07, 6.45) is 3.37. The number of carbonyl (C=O) groups is 2. The number of carbonyl (C=O) groups excluding carboxylic acids is 2. The van der Waals surface area contributed by atoms with Gasteiger partial charge in [0.2, 0.25) is 0 Å². The molecule has 0 saturated carbocycles. The molecule has 4 aromatic rings. The molecule has 3 heterocycles. The number of pyridine rings is 1. The summed E-state index contributed by atoms with van der Waals surface area (Å²) in [4.78, 5) is 38.6. The fourth-order valence-corrected chi connectivity index (χ4v) is 6.03. The Labute approximate surface area is 205 Å². The van der Waals surface area contributed by atoms with Crippen molar-refractivity contribution < 1.29 is 9.59 Å². The van der Waals surface area contributed by atoms with Crippen LogP contribution < -0.4 is 5.32 Å². The Hall–Kier alpha value is -3.29. The zero-order valence-electron chi connectivity index (χ0n) is 18.3. The van der Waals surface area contributed by atoms with Crippen molar-refractivity contribution in [3.05, 3.63) is 86.5 Å². The minimum absolute atomic E-state index is 0.0148. The number of thiazole rings is 1. The summed E-state index contributed by atoms with van der Waals surface area (Å²) < 4.78 is 0. The van der Waals surface area contributed by atoms with Gasteiger partial charge in [-0.1, -0.05) is 41.1 Å². The maximum Gasteiger partial charge on any atom is 0.258 e. The number of hydrogen-bond acceptors (Lipinski definition) is 5. The molecule has 170 valence electrons. The van der Waals surface area contributed by atoms with Crippen LogP contribution in [0.25, 0.3) is 10.9 Å². The number of rotatable bonds is 3. The Morgan fingerprint density at radius 2 is 1.85 bits per heavy atom. The molecule has 0 fully saturated rings. The molecule has 2 aromatic heterocycles. The van der Waals surface area contributed by atoms with Crippen molar-refractivity contribution in [1.29, 1.82) is 0 Å². The second-order valence-electron chi connectivity index (χ2n) is 8.61. The predicted octanol–water partition coefficient (Wildman–Crippen LogP) is 5.28. The Kier molecular flexibility index (Phi) is 5.31. The van der Waals surface area contributed by atoms with Crippen LogP contribution in [0.1, 0.15) is 49.0 Å². The lowest BCUT2D eigenvalue weighted by molar-refractivity contribution is 0.0736. The summed E-state index contributed by atoms with van der Waals surface area (Å²) in [5, 5.41) is 4.93. The van der Waals surface area contributed by atoms with Gasteiger partial charge in [0.1, 0.15) is 0 Å². The highest BCUT2D eigenvalue weighted by atomic mass is 35.5. The molecule has 2 aliphatic rings. The van der Waals surface area contributed by atoms with E-state index in [0.717, 1.165) is 52.0 Å². The van der Waals surface area contributed by atoms with Gasteiger partial charge >= 0.3 is 0 Å². The van der Waals surface area contributed by atoms with E-state index >= 15 is 0 Å². The minimum atomic E-state index is -0.184. The molecule has 1 aliphatic heterocycles. The molecule has 2 aromatic carbocycles. The maximum atomic E-state index is 13.5. The van der Waals surface area contributed by atoms with E-state index in [1.165, 1.54) is 11.3 Å².